The van der Waals surface area contributed by atoms with Crippen LogP contribution < -0.4 is 5.32 Å². The molecule has 0 heterocycles. The number of halogens is 4. The fourth-order valence-corrected chi connectivity index (χ4v) is 3.25. The van der Waals surface area contributed by atoms with Crippen LogP contribution in [0.1, 0.15) is 24.1 Å². The molecule has 20 heavy (non-hydrogen) atoms. The second-order valence-electron chi connectivity index (χ2n) is 4.32. The summed E-state index contributed by atoms with van der Waals surface area (Å²) >= 11 is 10.3. The minimum atomic E-state index is -0.225. The van der Waals surface area contributed by atoms with Crippen molar-refractivity contribution in [1.29, 1.82) is 0 Å². The summed E-state index contributed by atoms with van der Waals surface area (Å²) in [5.41, 5.74) is 1.64. The molecule has 0 aliphatic carbocycles. The van der Waals surface area contributed by atoms with Gasteiger partial charge in [0.25, 0.3) is 0 Å². The van der Waals surface area contributed by atoms with E-state index in [-0.39, 0.29) is 11.9 Å². The molecule has 0 bridgehead atoms. The Morgan fingerprint density at radius 2 is 1.65 bits per heavy atom. The topological polar surface area (TPSA) is 12.0 Å². The van der Waals surface area contributed by atoms with Gasteiger partial charge in [-0.05, 0) is 42.4 Å². The van der Waals surface area contributed by atoms with Crippen molar-refractivity contribution in [3.8, 4) is 0 Å². The van der Waals surface area contributed by atoms with Gasteiger partial charge in [0.1, 0.15) is 5.82 Å². The summed E-state index contributed by atoms with van der Waals surface area (Å²) in [4.78, 5) is 0. The van der Waals surface area contributed by atoms with Crippen molar-refractivity contribution in [3.05, 3.63) is 66.8 Å². The predicted molar refractivity (Wildman–Crippen MR) is 91.5 cm³/mol. The van der Waals surface area contributed by atoms with Crippen molar-refractivity contribution < 1.29 is 4.39 Å². The van der Waals surface area contributed by atoms with Crippen LogP contribution >= 0.6 is 47.8 Å². The van der Waals surface area contributed by atoms with Crippen LogP contribution in [0.25, 0.3) is 0 Å². The molecule has 0 saturated carbocycles. The van der Waals surface area contributed by atoms with Crippen LogP contribution in [0.2, 0.25) is 0 Å². The number of nitrogens with one attached hydrogen (secondary N) is 1. The van der Waals surface area contributed by atoms with Gasteiger partial charge in [-0.3, -0.25) is 0 Å². The molecule has 0 amide bonds. The molecule has 2 aromatic rings. The van der Waals surface area contributed by atoms with E-state index < -0.39 is 0 Å². The van der Waals surface area contributed by atoms with E-state index in [0.29, 0.717) is 5.56 Å². The third-order valence-corrected chi connectivity index (χ3v) is 4.66. The minimum Gasteiger partial charge on any atom is -0.306 e. The molecule has 2 rings (SSSR count). The van der Waals surface area contributed by atoms with E-state index in [0.717, 1.165) is 25.5 Å². The quantitative estimate of drug-likeness (QED) is 0.600. The summed E-state index contributed by atoms with van der Waals surface area (Å²) in [6.07, 6.45) is 0. The van der Waals surface area contributed by atoms with E-state index in [1.165, 1.54) is 6.07 Å². The Morgan fingerprint density at radius 3 is 2.30 bits per heavy atom. The summed E-state index contributed by atoms with van der Waals surface area (Å²) in [5.74, 6) is -0.225. The van der Waals surface area contributed by atoms with Crippen LogP contribution in [0.5, 0.6) is 0 Å². The highest BCUT2D eigenvalue weighted by atomic mass is 79.9. The molecule has 0 saturated heterocycles. The summed E-state index contributed by atoms with van der Waals surface area (Å²) in [6, 6.07) is 10.9. The van der Waals surface area contributed by atoms with Crippen molar-refractivity contribution in [3.63, 3.8) is 0 Å². The van der Waals surface area contributed by atoms with Crippen molar-refractivity contribution in [2.45, 2.75) is 13.0 Å². The monoisotopic (exact) mass is 463 g/mol. The lowest BCUT2D eigenvalue weighted by molar-refractivity contribution is 0.557. The molecule has 5 heteroatoms. The molecule has 1 unspecified atom stereocenters. The minimum absolute atomic E-state index is 0.194. The molecule has 1 atom stereocenters. The van der Waals surface area contributed by atoms with E-state index in [4.69, 9.17) is 0 Å². The average Bonchev–Trinajstić information content (AvgIpc) is 2.40. The largest absolute Gasteiger partial charge is 0.306 e. The van der Waals surface area contributed by atoms with Crippen molar-refractivity contribution in [2.75, 3.05) is 6.54 Å². The molecule has 106 valence electrons. The Hall–Kier alpha value is -0.230. The van der Waals surface area contributed by atoms with Crippen molar-refractivity contribution in [2.24, 2.45) is 0 Å². The zero-order chi connectivity index (χ0) is 14.7. The highest BCUT2D eigenvalue weighted by Crippen LogP contribution is 2.33. The highest BCUT2D eigenvalue weighted by Gasteiger charge is 2.19. The Bertz CT molecular complexity index is 616. The first-order chi connectivity index (χ1) is 9.52. The van der Waals surface area contributed by atoms with Gasteiger partial charge in [-0.2, -0.15) is 0 Å². The Labute approximate surface area is 143 Å². The Balaban J connectivity index is 2.53. The summed E-state index contributed by atoms with van der Waals surface area (Å²) in [7, 11) is 0. The van der Waals surface area contributed by atoms with Gasteiger partial charge in [0, 0.05) is 19.0 Å². The summed E-state index contributed by atoms with van der Waals surface area (Å²) < 4.78 is 16.9. The van der Waals surface area contributed by atoms with Crippen LogP contribution in [0, 0.1) is 5.82 Å². The van der Waals surface area contributed by atoms with Gasteiger partial charge < -0.3 is 5.32 Å². The first kappa shape index (κ1) is 16.1. The van der Waals surface area contributed by atoms with Gasteiger partial charge in [-0.25, -0.2) is 4.39 Å². The molecule has 1 N–H and O–H groups in total. The normalized spacial score (nSPS) is 12.4. The van der Waals surface area contributed by atoms with E-state index >= 15 is 0 Å². The molecule has 2 aromatic carbocycles. The van der Waals surface area contributed by atoms with Gasteiger partial charge in [0.15, 0.2) is 0 Å². The molecule has 1 nitrogen and oxygen atoms in total. The third kappa shape index (κ3) is 3.70. The van der Waals surface area contributed by atoms with E-state index in [9.17, 15) is 4.39 Å². The van der Waals surface area contributed by atoms with Crippen LogP contribution in [-0.4, -0.2) is 6.54 Å². The van der Waals surface area contributed by atoms with Gasteiger partial charge in [-0.15, -0.1) is 0 Å². The predicted octanol–water partition coefficient (Wildman–Crippen LogP) is 5.81. The van der Waals surface area contributed by atoms with Crippen LogP contribution in [0.4, 0.5) is 4.39 Å². The van der Waals surface area contributed by atoms with E-state index in [1.807, 2.05) is 31.2 Å². The van der Waals surface area contributed by atoms with Crippen LogP contribution in [0.15, 0.2) is 49.8 Å². The lowest BCUT2D eigenvalue weighted by atomic mass is 9.98. The number of rotatable bonds is 4. The maximum absolute atomic E-state index is 14.2. The van der Waals surface area contributed by atoms with Crippen LogP contribution in [0.3, 0.4) is 0 Å². The molecular formula is C15H13Br3FN. The lowest BCUT2D eigenvalue weighted by Crippen LogP contribution is -2.23. The molecule has 0 spiro atoms. The van der Waals surface area contributed by atoms with Crippen LogP contribution in [-0.2, 0) is 0 Å². The summed E-state index contributed by atoms with van der Waals surface area (Å²) in [5, 5.41) is 3.34. The Kier molecular flexibility index (Phi) is 5.78. The first-order valence-corrected chi connectivity index (χ1v) is 8.54. The molecule has 0 radical (unpaired) electrons. The highest BCUT2D eigenvalue weighted by molar-refractivity contribution is 9.11. The lowest BCUT2D eigenvalue weighted by Gasteiger charge is -2.21. The van der Waals surface area contributed by atoms with E-state index in [2.05, 4.69) is 53.1 Å². The maximum Gasteiger partial charge on any atom is 0.129 e. The third-order valence-electron chi connectivity index (χ3n) is 2.95. The molecule has 0 aromatic heterocycles. The van der Waals surface area contributed by atoms with Gasteiger partial charge >= 0.3 is 0 Å². The fraction of sp³-hybridized carbons (Fsp3) is 0.200. The summed E-state index contributed by atoms with van der Waals surface area (Å²) in [6.45, 7) is 2.76. The number of hydrogen-bond donors (Lipinski definition) is 1. The zero-order valence-electron chi connectivity index (χ0n) is 10.8. The van der Waals surface area contributed by atoms with Crippen molar-refractivity contribution >= 4 is 47.8 Å². The molecule has 0 aliphatic rings. The van der Waals surface area contributed by atoms with Gasteiger partial charge in [0.05, 0.1) is 6.04 Å². The first-order valence-electron chi connectivity index (χ1n) is 6.16. The number of hydrogen-bond acceptors (Lipinski definition) is 1. The van der Waals surface area contributed by atoms with Crippen molar-refractivity contribution in [1.82, 2.24) is 5.32 Å². The molecular weight excluding hydrogens is 453 g/mol. The SMILES string of the molecule is CCNC(c1ccc(Br)cc1F)c1cc(Br)ccc1Br. The van der Waals surface area contributed by atoms with E-state index in [1.54, 1.807) is 6.07 Å². The molecule has 0 fully saturated rings. The smallest absolute Gasteiger partial charge is 0.129 e. The average molecular weight is 466 g/mol. The molecule has 0 aliphatic heterocycles. The Morgan fingerprint density at radius 1 is 1.00 bits per heavy atom. The second-order valence-corrected chi connectivity index (χ2v) is 7.01. The fourth-order valence-electron chi connectivity index (χ4n) is 2.06. The number of benzene rings is 2. The zero-order valence-corrected chi connectivity index (χ0v) is 15.5. The van der Waals surface area contributed by atoms with Gasteiger partial charge in [0.2, 0.25) is 0 Å². The standard InChI is InChI=1S/C15H13Br3FN/c1-2-20-15(11-5-3-10(17)8-14(11)19)12-7-9(16)4-6-13(12)18/h3-8,15,20H,2H2,1H3. The maximum atomic E-state index is 14.2. The van der Waals surface area contributed by atoms with Gasteiger partial charge in [-0.1, -0.05) is 60.8 Å². The second kappa shape index (κ2) is 7.16.